The number of hydrogen-bond acceptors (Lipinski definition) is 3. The van der Waals surface area contributed by atoms with Crippen molar-refractivity contribution in [1.82, 2.24) is 19.9 Å². The van der Waals surface area contributed by atoms with Gasteiger partial charge in [0.25, 0.3) is 0 Å². The summed E-state index contributed by atoms with van der Waals surface area (Å²) in [6.07, 6.45) is 6.06. The van der Waals surface area contributed by atoms with E-state index >= 15 is 0 Å². The van der Waals surface area contributed by atoms with E-state index < -0.39 is 0 Å². The molecule has 0 aliphatic heterocycles. The number of fused-ring (bicyclic) bond motifs is 1. The van der Waals surface area contributed by atoms with E-state index in [0.717, 1.165) is 28.8 Å². The summed E-state index contributed by atoms with van der Waals surface area (Å²) < 4.78 is 7.14. The lowest BCUT2D eigenvalue weighted by Gasteiger charge is -2.07. The number of ether oxygens (including phenoxy) is 1. The van der Waals surface area contributed by atoms with Crippen molar-refractivity contribution in [3.63, 3.8) is 0 Å². The molecule has 3 aromatic rings. The molecule has 2 aromatic heterocycles. The smallest absolute Gasteiger partial charge is 0.239 e. The number of methoxy groups -OCH3 is 1. The van der Waals surface area contributed by atoms with Crippen LogP contribution in [0.2, 0.25) is 0 Å². The molecule has 0 spiro atoms. The Kier molecular flexibility index (Phi) is 4.09. The van der Waals surface area contributed by atoms with Crippen LogP contribution < -0.4 is 10.1 Å². The minimum absolute atomic E-state index is 0.00664. The lowest BCUT2D eigenvalue weighted by Crippen LogP contribution is -2.29. The fourth-order valence-electron chi connectivity index (χ4n) is 2.41. The van der Waals surface area contributed by atoms with Gasteiger partial charge in [-0.1, -0.05) is 0 Å². The van der Waals surface area contributed by atoms with Crippen molar-refractivity contribution in [1.29, 1.82) is 0 Å². The van der Waals surface area contributed by atoms with E-state index in [1.165, 1.54) is 0 Å². The molecule has 0 fully saturated rings. The van der Waals surface area contributed by atoms with Gasteiger partial charge in [0, 0.05) is 42.0 Å². The fraction of sp³-hybridized carbons (Fsp3) is 0.250. The quantitative estimate of drug-likeness (QED) is 0.728. The number of carbonyl (C=O) groups is 1. The Bertz CT molecular complexity index is 762. The molecule has 2 N–H and O–H groups in total. The van der Waals surface area contributed by atoms with Gasteiger partial charge < -0.3 is 19.6 Å². The van der Waals surface area contributed by atoms with Gasteiger partial charge in [-0.05, 0) is 24.3 Å². The van der Waals surface area contributed by atoms with Gasteiger partial charge in [0.1, 0.15) is 12.3 Å². The average molecular weight is 298 g/mol. The van der Waals surface area contributed by atoms with Crippen LogP contribution in [-0.4, -0.2) is 34.1 Å². The van der Waals surface area contributed by atoms with E-state index in [2.05, 4.69) is 15.3 Å². The van der Waals surface area contributed by atoms with E-state index in [9.17, 15) is 4.79 Å². The SMILES string of the molecule is COc1ccc2c(ccn2CC(=O)NCCc2cnc[nH]2)c1. The van der Waals surface area contributed by atoms with Crippen molar-refractivity contribution in [3.05, 3.63) is 48.7 Å². The number of hydrogen-bond donors (Lipinski definition) is 2. The number of H-pyrrole nitrogens is 1. The first kappa shape index (κ1) is 14.2. The van der Waals surface area contributed by atoms with Crippen LogP contribution in [0.1, 0.15) is 5.69 Å². The number of benzene rings is 1. The standard InChI is InChI=1S/C16H18N4O2/c1-22-14-2-3-15-12(8-14)5-7-20(15)10-16(21)18-6-4-13-9-17-11-19-13/h2-3,5,7-9,11H,4,6,10H2,1H3,(H,17,19)(H,18,21). The molecule has 0 aliphatic rings. The maximum Gasteiger partial charge on any atom is 0.239 e. The van der Waals surface area contributed by atoms with Crippen LogP contribution >= 0.6 is 0 Å². The molecule has 0 saturated carbocycles. The minimum Gasteiger partial charge on any atom is -0.497 e. The zero-order chi connectivity index (χ0) is 15.4. The number of nitrogens with one attached hydrogen (secondary N) is 2. The lowest BCUT2D eigenvalue weighted by atomic mass is 10.2. The van der Waals surface area contributed by atoms with Gasteiger partial charge in [-0.2, -0.15) is 0 Å². The Balaban J connectivity index is 1.59. The van der Waals surface area contributed by atoms with Crippen LogP contribution in [0.4, 0.5) is 0 Å². The van der Waals surface area contributed by atoms with Crippen molar-refractivity contribution in [3.8, 4) is 5.75 Å². The number of imidazole rings is 1. The molecule has 0 saturated heterocycles. The van der Waals surface area contributed by atoms with Gasteiger partial charge in [0.05, 0.1) is 13.4 Å². The summed E-state index contributed by atoms with van der Waals surface area (Å²) in [5.74, 6) is 0.807. The van der Waals surface area contributed by atoms with Crippen molar-refractivity contribution >= 4 is 16.8 Å². The summed E-state index contributed by atoms with van der Waals surface area (Å²) in [5.41, 5.74) is 2.03. The van der Waals surface area contributed by atoms with Crippen LogP contribution in [-0.2, 0) is 17.8 Å². The Labute approximate surface area is 128 Å². The van der Waals surface area contributed by atoms with E-state index in [1.807, 2.05) is 35.0 Å². The van der Waals surface area contributed by atoms with Crippen LogP contribution in [0.3, 0.4) is 0 Å². The summed E-state index contributed by atoms with van der Waals surface area (Å²) in [5, 5.41) is 3.97. The molecule has 0 aliphatic carbocycles. The number of aromatic amines is 1. The molecule has 0 atom stereocenters. The largest absolute Gasteiger partial charge is 0.497 e. The van der Waals surface area contributed by atoms with Crippen LogP contribution in [0.15, 0.2) is 43.0 Å². The number of nitrogens with zero attached hydrogens (tertiary/aromatic N) is 2. The third-order valence-electron chi connectivity index (χ3n) is 3.56. The normalized spacial score (nSPS) is 10.8. The van der Waals surface area contributed by atoms with Crippen LogP contribution in [0.25, 0.3) is 10.9 Å². The Hall–Kier alpha value is -2.76. The molecule has 0 bridgehead atoms. The fourth-order valence-corrected chi connectivity index (χ4v) is 2.41. The molecule has 6 nitrogen and oxygen atoms in total. The van der Waals surface area contributed by atoms with Gasteiger partial charge in [-0.3, -0.25) is 4.79 Å². The number of rotatable bonds is 6. The first-order valence-corrected chi connectivity index (χ1v) is 7.13. The predicted molar refractivity (Wildman–Crippen MR) is 83.8 cm³/mol. The maximum atomic E-state index is 12.0. The minimum atomic E-state index is -0.00664. The molecule has 22 heavy (non-hydrogen) atoms. The zero-order valence-electron chi connectivity index (χ0n) is 12.4. The third kappa shape index (κ3) is 3.11. The second kappa shape index (κ2) is 6.34. The maximum absolute atomic E-state index is 12.0. The van der Waals surface area contributed by atoms with Gasteiger partial charge in [-0.25, -0.2) is 4.98 Å². The highest BCUT2D eigenvalue weighted by Crippen LogP contribution is 2.21. The highest BCUT2D eigenvalue weighted by molar-refractivity contribution is 5.84. The van der Waals surface area contributed by atoms with E-state index in [4.69, 9.17) is 4.74 Å². The molecule has 1 amide bonds. The van der Waals surface area contributed by atoms with E-state index in [1.54, 1.807) is 19.6 Å². The Morgan fingerprint density at radius 2 is 2.32 bits per heavy atom. The van der Waals surface area contributed by atoms with Crippen LogP contribution in [0.5, 0.6) is 5.75 Å². The molecule has 114 valence electrons. The second-order valence-electron chi connectivity index (χ2n) is 5.05. The monoisotopic (exact) mass is 298 g/mol. The molecular weight excluding hydrogens is 280 g/mol. The molecule has 1 aromatic carbocycles. The molecule has 3 rings (SSSR count). The molecular formula is C16H18N4O2. The average Bonchev–Trinajstić information content (AvgIpc) is 3.17. The summed E-state index contributed by atoms with van der Waals surface area (Å²) in [4.78, 5) is 19.0. The number of amides is 1. The zero-order valence-corrected chi connectivity index (χ0v) is 12.4. The molecule has 0 unspecified atom stereocenters. The number of aromatic nitrogens is 3. The summed E-state index contributed by atoms with van der Waals surface area (Å²) in [7, 11) is 1.64. The topological polar surface area (TPSA) is 71.9 Å². The van der Waals surface area contributed by atoms with Gasteiger partial charge in [0.2, 0.25) is 5.91 Å². The third-order valence-corrected chi connectivity index (χ3v) is 3.56. The van der Waals surface area contributed by atoms with E-state index in [0.29, 0.717) is 13.1 Å². The number of carbonyl (C=O) groups excluding carboxylic acids is 1. The highest BCUT2D eigenvalue weighted by Gasteiger charge is 2.07. The summed E-state index contributed by atoms with van der Waals surface area (Å²) in [6.45, 7) is 0.896. The van der Waals surface area contributed by atoms with Gasteiger partial charge >= 0.3 is 0 Å². The highest BCUT2D eigenvalue weighted by atomic mass is 16.5. The van der Waals surface area contributed by atoms with E-state index in [-0.39, 0.29) is 5.91 Å². The van der Waals surface area contributed by atoms with Gasteiger partial charge in [0.15, 0.2) is 0 Å². The first-order chi connectivity index (χ1) is 10.8. The van der Waals surface area contributed by atoms with Crippen molar-refractivity contribution in [2.24, 2.45) is 0 Å². The lowest BCUT2D eigenvalue weighted by molar-refractivity contribution is -0.121. The first-order valence-electron chi connectivity index (χ1n) is 7.13. The van der Waals surface area contributed by atoms with Gasteiger partial charge in [-0.15, -0.1) is 0 Å². The summed E-state index contributed by atoms with van der Waals surface area (Å²) in [6, 6.07) is 7.80. The van der Waals surface area contributed by atoms with Crippen molar-refractivity contribution < 1.29 is 9.53 Å². The predicted octanol–water partition coefficient (Wildman–Crippen LogP) is 1.73. The Morgan fingerprint density at radius 3 is 3.09 bits per heavy atom. The molecule has 6 heteroatoms. The van der Waals surface area contributed by atoms with Crippen molar-refractivity contribution in [2.45, 2.75) is 13.0 Å². The van der Waals surface area contributed by atoms with Crippen LogP contribution in [0, 0.1) is 0 Å². The summed E-state index contributed by atoms with van der Waals surface area (Å²) >= 11 is 0. The van der Waals surface area contributed by atoms with Crippen molar-refractivity contribution in [2.75, 3.05) is 13.7 Å². The Morgan fingerprint density at radius 1 is 1.41 bits per heavy atom. The second-order valence-corrected chi connectivity index (χ2v) is 5.05. The molecule has 2 heterocycles. The molecule has 0 radical (unpaired) electrons.